The van der Waals surface area contributed by atoms with Crippen LogP contribution >= 0.6 is 15.9 Å². The molecule has 0 heterocycles. The molecule has 1 amide bonds. The summed E-state index contributed by atoms with van der Waals surface area (Å²) in [6.07, 6.45) is 0.581. The summed E-state index contributed by atoms with van der Waals surface area (Å²) in [7, 11) is 0. The Morgan fingerprint density at radius 1 is 1.03 bits per heavy atom. The van der Waals surface area contributed by atoms with E-state index in [2.05, 4.69) is 21.2 Å². The van der Waals surface area contributed by atoms with Crippen LogP contribution in [0.1, 0.15) is 64.7 Å². The molecule has 2 aromatic carbocycles. The average Bonchev–Trinajstić information content (AvgIpc) is 2.74. The highest BCUT2D eigenvalue weighted by Gasteiger charge is 2.59. The molecule has 2 aliphatic rings. The molecular formula is C25H22BrNO4. The number of carbonyl (C=O) groups excluding carboxylic acids is 4. The first-order valence-electron chi connectivity index (χ1n) is 10.1. The van der Waals surface area contributed by atoms with Gasteiger partial charge in [-0.25, -0.2) is 0 Å². The zero-order valence-corrected chi connectivity index (χ0v) is 19.1. The summed E-state index contributed by atoms with van der Waals surface area (Å²) in [5, 5.41) is 2.68. The number of carbonyl (C=O) groups is 4. The predicted molar refractivity (Wildman–Crippen MR) is 121 cm³/mol. The molecule has 0 aliphatic heterocycles. The zero-order chi connectivity index (χ0) is 22.5. The van der Waals surface area contributed by atoms with Crippen LogP contribution in [0.4, 0.5) is 5.69 Å². The minimum absolute atomic E-state index is 0.162. The molecule has 2 unspecified atom stereocenters. The lowest BCUT2D eigenvalue weighted by Gasteiger charge is -2.45. The quantitative estimate of drug-likeness (QED) is 0.362. The van der Waals surface area contributed by atoms with Crippen LogP contribution in [-0.4, -0.2) is 23.3 Å². The van der Waals surface area contributed by atoms with Gasteiger partial charge in [0.15, 0.2) is 17.3 Å². The van der Waals surface area contributed by atoms with Gasteiger partial charge < -0.3 is 5.32 Å². The van der Waals surface area contributed by atoms with Crippen molar-refractivity contribution in [1.29, 1.82) is 0 Å². The standard InChI is InChI=1S/C25H22BrNO4/c1-13-10-20-22(29)17-6-4-5-7-18(17)23(30)25(20,12-14(13)2)24(31)19-11-16(27-15(3)28)8-9-21(19)26/h4-9,11,20H,10,12H2,1-3H3,(H,27,28). The van der Waals surface area contributed by atoms with Crippen molar-refractivity contribution in [2.75, 3.05) is 5.32 Å². The van der Waals surface area contributed by atoms with E-state index in [9.17, 15) is 19.2 Å². The van der Waals surface area contributed by atoms with Crippen molar-refractivity contribution < 1.29 is 19.2 Å². The van der Waals surface area contributed by atoms with E-state index in [1.54, 1.807) is 42.5 Å². The topological polar surface area (TPSA) is 80.3 Å². The Morgan fingerprint density at radius 3 is 2.39 bits per heavy atom. The molecule has 4 rings (SSSR count). The summed E-state index contributed by atoms with van der Waals surface area (Å²) in [5.74, 6) is -1.87. The number of benzene rings is 2. The van der Waals surface area contributed by atoms with Crippen molar-refractivity contribution in [2.45, 2.75) is 33.6 Å². The van der Waals surface area contributed by atoms with Gasteiger partial charge in [0.25, 0.3) is 0 Å². The van der Waals surface area contributed by atoms with Crippen molar-refractivity contribution in [2.24, 2.45) is 11.3 Å². The van der Waals surface area contributed by atoms with E-state index in [4.69, 9.17) is 0 Å². The molecule has 0 saturated carbocycles. The zero-order valence-electron chi connectivity index (χ0n) is 17.5. The Labute approximate surface area is 189 Å². The second-order valence-electron chi connectivity index (χ2n) is 8.41. The van der Waals surface area contributed by atoms with Gasteiger partial charge in [-0.2, -0.15) is 0 Å². The maximum atomic E-state index is 14.1. The third-order valence-electron chi connectivity index (χ3n) is 6.47. The maximum absolute atomic E-state index is 14.1. The van der Waals surface area contributed by atoms with Gasteiger partial charge in [0.1, 0.15) is 5.41 Å². The number of hydrogen-bond acceptors (Lipinski definition) is 4. The van der Waals surface area contributed by atoms with Gasteiger partial charge in [0.05, 0.1) is 0 Å². The monoisotopic (exact) mass is 479 g/mol. The highest BCUT2D eigenvalue weighted by atomic mass is 79.9. The smallest absolute Gasteiger partial charge is 0.221 e. The number of nitrogens with one attached hydrogen (secondary N) is 1. The van der Waals surface area contributed by atoms with Crippen LogP contribution in [0.3, 0.4) is 0 Å². The van der Waals surface area contributed by atoms with Crippen LogP contribution in [0.2, 0.25) is 0 Å². The fourth-order valence-electron chi connectivity index (χ4n) is 4.79. The van der Waals surface area contributed by atoms with Crippen LogP contribution in [0.5, 0.6) is 0 Å². The van der Waals surface area contributed by atoms with Gasteiger partial charge >= 0.3 is 0 Å². The number of allylic oxidation sites excluding steroid dienone is 2. The maximum Gasteiger partial charge on any atom is 0.221 e. The third-order valence-corrected chi connectivity index (χ3v) is 7.16. The molecule has 2 aliphatic carbocycles. The van der Waals surface area contributed by atoms with Gasteiger partial charge in [-0.15, -0.1) is 0 Å². The van der Waals surface area contributed by atoms with Crippen LogP contribution in [0, 0.1) is 11.3 Å². The Hall–Kier alpha value is -2.86. The minimum Gasteiger partial charge on any atom is -0.326 e. The largest absolute Gasteiger partial charge is 0.326 e. The molecule has 2 aromatic rings. The number of fused-ring (bicyclic) bond motifs is 2. The van der Waals surface area contributed by atoms with E-state index >= 15 is 0 Å². The van der Waals surface area contributed by atoms with Gasteiger partial charge in [0.2, 0.25) is 5.91 Å². The molecule has 0 saturated heterocycles. The third kappa shape index (κ3) is 3.30. The number of ketones is 3. The Kier molecular flexibility index (Phi) is 5.30. The normalized spacial score (nSPS) is 22.6. The summed E-state index contributed by atoms with van der Waals surface area (Å²) in [6, 6.07) is 11.7. The molecular weight excluding hydrogens is 458 g/mol. The summed E-state index contributed by atoms with van der Waals surface area (Å²) in [6.45, 7) is 5.26. The Balaban J connectivity index is 1.94. The molecule has 6 heteroatoms. The number of rotatable bonds is 3. The molecule has 158 valence electrons. The number of amides is 1. The molecule has 0 fully saturated rings. The molecule has 0 aromatic heterocycles. The number of hydrogen-bond donors (Lipinski definition) is 1. The van der Waals surface area contributed by atoms with E-state index in [1.807, 2.05) is 13.8 Å². The van der Waals surface area contributed by atoms with Gasteiger partial charge in [-0.1, -0.05) is 51.3 Å². The summed E-state index contributed by atoms with van der Waals surface area (Å²) < 4.78 is 0.516. The summed E-state index contributed by atoms with van der Waals surface area (Å²) >= 11 is 3.43. The first-order valence-corrected chi connectivity index (χ1v) is 10.9. The van der Waals surface area contributed by atoms with E-state index in [1.165, 1.54) is 6.92 Å². The van der Waals surface area contributed by atoms with Crippen LogP contribution in [0.25, 0.3) is 0 Å². The Morgan fingerprint density at radius 2 is 1.71 bits per heavy atom. The van der Waals surface area contributed by atoms with E-state index < -0.39 is 17.1 Å². The van der Waals surface area contributed by atoms with E-state index in [-0.39, 0.29) is 29.5 Å². The van der Waals surface area contributed by atoms with Crippen molar-refractivity contribution in [3.05, 3.63) is 74.8 Å². The van der Waals surface area contributed by atoms with Crippen molar-refractivity contribution >= 4 is 44.9 Å². The fraction of sp³-hybridized carbons (Fsp3) is 0.280. The van der Waals surface area contributed by atoms with Gasteiger partial charge in [-0.3, -0.25) is 19.2 Å². The van der Waals surface area contributed by atoms with Gasteiger partial charge in [0, 0.05) is 39.7 Å². The molecule has 2 atom stereocenters. The van der Waals surface area contributed by atoms with Crippen LogP contribution < -0.4 is 5.32 Å². The average molecular weight is 480 g/mol. The molecule has 5 nitrogen and oxygen atoms in total. The van der Waals surface area contributed by atoms with Crippen LogP contribution in [-0.2, 0) is 4.79 Å². The highest BCUT2D eigenvalue weighted by molar-refractivity contribution is 9.10. The lowest BCUT2D eigenvalue weighted by Crippen LogP contribution is -2.54. The fourth-order valence-corrected chi connectivity index (χ4v) is 5.21. The van der Waals surface area contributed by atoms with Crippen molar-refractivity contribution in [1.82, 2.24) is 0 Å². The summed E-state index contributed by atoms with van der Waals surface area (Å²) in [4.78, 5) is 53.0. The van der Waals surface area contributed by atoms with Crippen molar-refractivity contribution in [3.63, 3.8) is 0 Å². The van der Waals surface area contributed by atoms with Crippen molar-refractivity contribution in [3.8, 4) is 0 Å². The van der Waals surface area contributed by atoms with Gasteiger partial charge in [-0.05, 0) is 44.9 Å². The minimum atomic E-state index is -1.49. The number of Topliss-reactive ketones (excluding diaryl/α,β-unsaturated/α-hetero) is 3. The Bertz CT molecular complexity index is 1200. The number of halogens is 1. The lowest BCUT2D eigenvalue weighted by molar-refractivity contribution is -0.114. The molecule has 0 spiro atoms. The molecule has 1 N–H and O–H groups in total. The van der Waals surface area contributed by atoms with Crippen LogP contribution in [0.15, 0.2) is 58.1 Å². The molecule has 0 radical (unpaired) electrons. The van der Waals surface area contributed by atoms with E-state index in [0.717, 1.165) is 11.1 Å². The highest BCUT2D eigenvalue weighted by Crippen LogP contribution is 2.52. The van der Waals surface area contributed by atoms with E-state index in [0.29, 0.717) is 27.7 Å². The molecule has 31 heavy (non-hydrogen) atoms. The molecule has 0 bridgehead atoms. The predicted octanol–water partition coefficient (Wildman–Crippen LogP) is 5.40. The SMILES string of the molecule is CC(=O)Nc1ccc(Br)c(C(=O)C23CC(C)=C(C)CC2C(=O)c2ccccc2C3=O)c1. The first-order chi connectivity index (χ1) is 14.7. The summed E-state index contributed by atoms with van der Waals surface area (Å²) in [5.41, 5.74) is 1.94. The number of anilines is 1. The second kappa shape index (κ2) is 7.68. The first kappa shape index (κ1) is 21.4. The lowest BCUT2D eigenvalue weighted by atomic mass is 9.53. The second-order valence-corrected chi connectivity index (χ2v) is 9.26.